The number of amides is 2. The van der Waals surface area contributed by atoms with E-state index in [0.29, 0.717) is 11.1 Å². The maximum Gasteiger partial charge on any atom is 0.332 e. The highest BCUT2D eigenvalue weighted by Gasteiger charge is 2.34. The predicted molar refractivity (Wildman–Crippen MR) is 86.2 cm³/mol. The van der Waals surface area contributed by atoms with Gasteiger partial charge in [0.25, 0.3) is 11.8 Å². The molecule has 6 heteroatoms. The summed E-state index contributed by atoms with van der Waals surface area (Å²) < 4.78 is 10.2. The Morgan fingerprint density at radius 3 is 2.21 bits per heavy atom. The summed E-state index contributed by atoms with van der Waals surface area (Å²) in [5, 5.41) is 0. The zero-order valence-corrected chi connectivity index (χ0v) is 13.9. The van der Waals surface area contributed by atoms with Crippen molar-refractivity contribution in [2.45, 2.75) is 26.4 Å². The van der Waals surface area contributed by atoms with Crippen molar-refractivity contribution in [3.8, 4) is 11.8 Å². The molecule has 1 aromatic carbocycles. The molecular formula is C18H19NO5. The molecule has 1 aliphatic rings. The van der Waals surface area contributed by atoms with Crippen molar-refractivity contribution in [1.29, 1.82) is 0 Å². The molecule has 0 saturated heterocycles. The maximum absolute atomic E-state index is 12.1. The molecule has 0 aromatic heterocycles. The third-order valence-corrected chi connectivity index (χ3v) is 3.05. The normalized spacial score (nSPS) is 13.4. The second-order valence-corrected chi connectivity index (χ2v) is 6.17. The lowest BCUT2D eigenvalue weighted by atomic mass is 10.1. The monoisotopic (exact) mass is 329 g/mol. The van der Waals surface area contributed by atoms with E-state index in [1.54, 1.807) is 45.0 Å². The molecule has 0 aliphatic carbocycles. The molecule has 0 fully saturated rings. The van der Waals surface area contributed by atoms with E-state index in [1.807, 2.05) is 0 Å². The van der Waals surface area contributed by atoms with Crippen LogP contribution in [0.3, 0.4) is 0 Å². The quantitative estimate of drug-likeness (QED) is 0.363. The van der Waals surface area contributed by atoms with Crippen LogP contribution in [-0.4, -0.2) is 48.0 Å². The number of ether oxygens (including phenoxy) is 2. The first-order valence-corrected chi connectivity index (χ1v) is 7.50. The first-order valence-electron chi connectivity index (χ1n) is 7.50. The van der Waals surface area contributed by atoms with Crippen molar-refractivity contribution in [3.05, 3.63) is 35.4 Å². The summed E-state index contributed by atoms with van der Waals surface area (Å²) >= 11 is 0. The van der Waals surface area contributed by atoms with Gasteiger partial charge in [-0.2, -0.15) is 0 Å². The van der Waals surface area contributed by atoms with Crippen molar-refractivity contribution < 1.29 is 23.9 Å². The van der Waals surface area contributed by atoms with Crippen LogP contribution in [0.1, 0.15) is 41.5 Å². The van der Waals surface area contributed by atoms with Gasteiger partial charge in [0.2, 0.25) is 0 Å². The van der Waals surface area contributed by atoms with Crippen LogP contribution in [0.15, 0.2) is 24.3 Å². The number of rotatable bonds is 4. The van der Waals surface area contributed by atoms with E-state index in [4.69, 9.17) is 9.47 Å². The van der Waals surface area contributed by atoms with Gasteiger partial charge in [0, 0.05) is 0 Å². The number of hydrogen-bond acceptors (Lipinski definition) is 5. The molecule has 1 aliphatic heterocycles. The number of fused-ring (bicyclic) bond motifs is 1. The third kappa shape index (κ3) is 4.43. The molecule has 0 atom stereocenters. The molecule has 0 saturated carbocycles. The van der Waals surface area contributed by atoms with Crippen molar-refractivity contribution >= 4 is 17.8 Å². The predicted octanol–water partition coefficient (Wildman–Crippen LogP) is 1.64. The zero-order chi connectivity index (χ0) is 17.7. The van der Waals surface area contributed by atoms with Crippen LogP contribution in [0.2, 0.25) is 0 Å². The standard InChI is InChI=1S/C18H19NO5/c1-18(2,3)24-15(20)12-23-11-7-6-10-19-16(21)13-8-4-5-9-14(13)17(19)22/h4-5,8-9H,10-12H2,1-3H3. The van der Waals surface area contributed by atoms with Crippen molar-refractivity contribution in [2.75, 3.05) is 19.8 Å². The fourth-order valence-corrected chi connectivity index (χ4v) is 2.13. The van der Waals surface area contributed by atoms with Crippen LogP contribution in [0.5, 0.6) is 0 Å². The fraction of sp³-hybridized carbons (Fsp3) is 0.389. The number of nitrogens with zero attached hydrogens (tertiary/aromatic N) is 1. The summed E-state index contributed by atoms with van der Waals surface area (Å²) in [4.78, 5) is 36.7. The Labute approximate surface area is 140 Å². The largest absolute Gasteiger partial charge is 0.458 e. The highest BCUT2D eigenvalue weighted by molar-refractivity contribution is 6.21. The van der Waals surface area contributed by atoms with Crippen LogP contribution in [0, 0.1) is 11.8 Å². The van der Waals surface area contributed by atoms with Crippen LogP contribution in [0.4, 0.5) is 0 Å². The average Bonchev–Trinajstić information content (AvgIpc) is 2.74. The maximum atomic E-state index is 12.1. The first-order chi connectivity index (χ1) is 11.3. The van der Waals surface area contributed by atoms with Crippen molar-refractivity contribution in [2.24, 2.45) is 0 Å². The first kappa shape index (κ1) is 17.7. The lowest BCUT2D eigenvalue weighted by Gasteiger charge is -2.19. The molecule has 2 rings (SSSR count). The second-order valence-electron chi connectivity index (χ2n) is 6.17. The lowest BCUT2D eigenvalue weighted by Crippen LogP contribution is -2.30. The Hall–Kier alpha value is -2.65. The molecule has 24 heavy (non-hydrogen) atoms. The molecule has 0 bridgehead atoms. The van der Waals surface area contributed by atoms with Crippen LogP contribution < -0.4 is 0 Å². The molecule has 0 radical (unpaired) electrons. The number of imide groups is 1. The molecule has 0 unspecified atom stereocenters. The van der Waals surface area contributed by atoms with Gasteiger partial charge in [0.1, 0.15) is 18.8 Å². The molecule has 0 spiro atoms. The van der Waals surface area contributed by atoms with Gasteiger partial charge in [-0.25, -0.2) is 4.79 Å². The van der Waals surface area contributed by atoms with Crippen LogP contribution >= 0.6 is 0 Å². The minimum absolute atomic E-state index is 0.0118. The van der Waals surface area contributed by atoms with Gasteiger partial charge < -0.3 is 9.47 Å². The van der Waals surface area contributed by atoms with E-state index in [1.165, 1.54) is 0 Å². The Bertz CT molecular complexity index is 686. The summed E-state index contributed by atoms with van der Waals surface area (Å²) in [7, 11) is 0. The molecule has 6 nitrogen and oxygen atoms in total. The van der Waals surface area contributed by atoms with Crippen molar-refractivity contribution in [1.82, 2.24) is 4.90 Å². The average molecular weight is 329 g/mol. The van der Waals surface area contributed by atoms with Gasteiger partial charge in [0.15, 0.2) is 0 Å². The molecule has 2 amide bonds. The molecule has 126 valence electrons. The fourth-order valence-electron chi connectivity index (χ4n) is 2.13. The molecular weight excluding hydrogens is 310 g/mol. The Morgan fingerprint density at radius 2 is 1.67 bits per heavy atom. The number of carbonyl (C=O) groups is 3. The van der Waals surface area contributed by atoms with E-state index >= 15 is 0 Å². The highest BCUT2D eigenvalue weighted by atomic mass is 16.6. The highest BCUT2D eigenvalue weighted by Crippen LogP contribution is 2.21. The topological polar surface area (TPSA) is 72.9 Å². The van der Waals surface area contributed by atoms with E-state index in [-0.39, 0.29) is 31.6 Å². The van der Waals surface area contributed by atoms with E-state index in [0.717, 1.165) is 4.90 Å². The number of hydrogen-bond donors (Lipinski definition) is 0. The molecule has 0 N–H and O–H groups in total. The second kappa shape index (κ2) is 7.28. The summed E-state index contributed by atoms with van der Waals surface area (Å²) in [6.45, 7) is 5.12. The molecule has 1 heterocycles. The van der Waals surface area contributed by atoms with Gasteiger partial charge in [-0.1, -0.05) is 24.0 Å². The smallest absolute Gasteiger partial charge is 0.332 e. The summed E-state index contributed by atoms with van der Waals surface area (Å²) in [6, 6.07) is 6.66. The zero-order valence-electron chi connectivity index (χ0n) is 13.9. The number of carbonyl (C=O) groups excluding carboxylic acids is 3. The summed E-state index contributed by atoms with van der Waals surface area (Å²) in [5.74, 6) is 4.21. The lowest BCUT2D eigenvalue weighted by molar-refractivity contribution is -0.159. The van der Waals surface area contributed by atoms with E-state index in [2.05, 4.69) is 11.8 Å². The third-order valence-electron chi connectivity index (χ3n) is 3.05. The van der Waals surface area contributed by atoms with Crippen molar-refractivity contribution in [3.63, 3.8) is 0 Å². The van der Waals surface area contributed by atoms with E-state index < -0.39 is 11.6 Å². The van der Waals surface area contributed by atoms with Gasteiger partial charge in [-0.05, 0) is 32.9 Å². The minimum atomic E-state index is -0.558. The van der Waals surface area contributed by atoms with E-state index in [9.17, 15) is 14.4 Å². The summed E-state index contributed by atoms with van der Waals surface area (Å²) in [6.07, 6.45) is 0. The Morgan fingerprint density at radius 1 is 1.08 bits per heavy atom. The Kier molecular flexibility index (Phi) is 5.37. The van der Waals surface area contributed by atoms with Gasteiger partial charge in [-0.3, -0.25) is 14.5 Å². The van der Waals surface area contributed by atoms with Crippen LogP contribution in [0.25, 0.3) is 0 Å². The van der Waals surface area contributed by atoms with Crippen LogP contribution in [-0.2, 0) is 14.3 Å². The Balaban J connectivity index is 1.78. The van der Waals surface area contributed by atoms with Gasteiger partial charge in [0.05, 0.1) is 17.7 Å². The SMILES string of the molecule is CC(C)(C)OC(=O)COCC#CCN1C(=O)c2ccccc2C1=O. The van der Waals surface area contributed by atoms with Gasteiger partial charge in [-0.15, -0.1) is 0 Å². The number of benzene rings is 1. The van der Waals surface area contributed by atoms with Gasteiger partial charge >= 0.3 is 5.97 Å². The number of esters is 1. The summed E-state index contributed by atoms with van der Waals surface area (Å²) in [5.41, 5.74) is 0.230. The minimum Gasteiger partial charge on any atom is -0.458 e. The molecule has 1 aromatic rings.